The first-order valence-corrected chi connectivity index (χ1v) is 7.16. The highest BCUT2D eigenvalue weighted by molar-refractivity contribution is 9.10. The van der Waals surface area contributed by atoms with Crippen LogP contribution < -0.4 is 5.32 Å². The second kappa shape index (κ2) is 6.05. The van der Waals surface area contributed by atoms with Crippen molar-refractivity contribution in [2.75, 3.05) is 5.32 Å². The number of rotatable bonds is 4. The van der Waals surface area contributed by atoms with Crippen LogP contribution in [-0.2, 0) is 6.54 Å². The van der Waals surface area contributed by atoms with Crippen LogP contribution in [0.2, 0.25) is 0 Å². The van der Waals surface area contributed by atoms with E-state index in [1.807, 2.05) is 24.4 Å². The van der Waals surface area contributed by atoms with Gasteiger partial charge in [-0.1, -0.05) is 22.0 Å². The van der Waals surface area contributed by atoms with Gasteiger partial charge in [0.1, 0.15) is 5.82 Å². The van der Waals surface area contributed by atoms with Crippen molar-refractivity contribution in [3.05, 3.63) is 70.8 Å². The molecule has 6 heteroatoms. The normalized spacial score (nSPS) is 10.6. The molecule has 0 radical (unpaired) electrons. The molecule has 0 atom stereocenters. The molecule has 0 unspecified atom stereocenters. The SMILES string of the molecule is Fc1ccc(CNc2cccnc2-n2cccn2)c(Br)c1. The number of nitrogens with one attached hydrogen (secondary N) is 1. The van der Waals surface area contributed by atoms with E-state index < -0.39 is 0 Å². The summed E-state index contributed by atoms with van der Waals surface area (Å²) in [5, 5.41) is 7.49. The van der Waals surface area contributed by atoms with Crippen LogP contribution in [0.15, 0.2) is 59.5 Å². The molecule has 0 aliphatic rings. The number of hydrogen-bond acceptors (Lipinski definition) is 3. The van der Waals surface area contributed by atoms with Gasteiger partial charge in [0.15, 0.2) is 5.82 Å². The minimum Gasteiger partial charge on any atom is -0.378 e. The molecule has 2 aromatic heterocycles. The van der Waals surface area contributed by atoms with Gasteiger partial charge >= 0.3 is 0 Å². The summed E-state index contributed by atoms with van der Waals surface area (Å²) < 4.78 is 15.5. The average molecular weight is 347 g/mol. The predicted molar refractivity (Wildman–Crippen MR) is 82.8 cm³/mol. The molecule has 3 rings (SSSR count). The molecule has 0 amide bonds. The van der Waals surface area contributed by atoms with Gasteiger partial charge in [-0.2, -0.15) is 5.10 Å². The fourth-order valence-electron chi connectivity index (χ4n) is 1.97. The average Bonchev–Trinajstić information content (AvgIpc) is 3.01. The van der Waals surface area contributed by atoms with E-state index in [9.17, 15) is 4.39 Å². The van der Waals surface area contributed by atoms with E-state index in [2.05, 4.69) is 31.3 Å². The Morgan fingerprint density at radius 2 is 2.10 bits per heavy atom. The third kappa shape index (κ3) is 3.11. The number of halogens is 2. The predicted octanol–water partition coefficient (Wildman–Crippen LogP) is 3.78. The molecule has 0 saturated carbocycles. The number of anilines is 1. The lowest BCUT2D eigenvalue weighted by Crippen LogP contribution is -2.07. The van der Waals surface area contributed by atoms with Crippen LogP contribution in [0.3, 0.4) is 0 Å². The molecule has 0 aliphatic carbocycles. The maximum absolute atomic E-state index is 13.1. The summed E-state index contributed by atoms with van der Waals surface area (Å²) in [6.07, 6.45) is 5.26. The number of nitrogens with zero attached hydrogens (tertiary/aromatic N) is 3. The van der Waals surface area contributed by atoms with Crippen molar-refractivity contribution in [1.29, 1.82) is 0 Å². The monoisotopic (exact) mass is 346 g/mol. The topological polar surface area (TPSA) is 42.7 Å². The van der Waals surface area contributed by atoms with Crippen molar-refractivity contribution in [2.45, 2.75) is 6.54 Å². The molecule has 21 heavy (non-hydrogen) atoms. The Morgan fingerprint density at radius 1 is 1.19 bits per heavy atom. The van der Waals surface area contributed by atoms with Gasteiger partial charge in [-0.25, -0.2) is 14.1 Å². The molecule has 2 heterocycles. The smallest absolute Gasteiger partial charge is 0.176 e. The number of aromatic nitrogens is 3. The summed E-state index contributed by atoms with van der Waals surface area (Å²) in [5.74, 6) is 0.463. The highest BCUT2D eigenvalue weighted by Gasteiger charge is 2.07. The Kier molecular flexibility index (Phi) is 3.96. The zero-order chi connectivity index (χ0) is 14.7. The van der Waals surface area contributed by atoms with Gasteiger partial charge < -0.3 is 5.32 Å². The van der Waals surface area contributed by atoms with E-state index in [4.69, 9.17) is 0 Å². The van der Waals surface area contributed by atoms with Crippen molar-refractivity contribution in [1.82, 2.24) is 14.8 Å². The lowest BCUT2D eigenvalue weighted by atomic mass is 10.2. The number of pyridine rings is 1. The van der Waals surface area contributed by atoms with E-state index in [0.29, 0.717) is 6.54 Å². The quantitative estimate of drug-likeness (QED) is 0.781. The highest BCUT2D eigenvalue weighted by Crippen LogP contribution is 2.21. The van der Waals surface area contributed by atoms with E-state index in [1.165, 1.54) is 12.1 Å². The van der Waals surface area contributed by atoms with Crippen LogP contribution in [0.25, 0.3) is 5.82 Å². The standard InChI is InChI=1S/C15H12BrFN4/c16-13-9-12(17)5-4-11(13)10-19-14-3-1-6-18-15(14)21-8-2-7-20-21/h1-9,19H,10H2. The van der Waals surface area contributed by atoms with Crippen molar-refractivity contribution in [3.8, 4) is 5.82 Å². The fraction of sp³-hybridized carbons (Fsp3) is 0.0667. The van der Waals surface area contributed by atoms with Crippen LogP contribution in [0, 0.1) is 5.82 Å². The molecule has 0 spiro atoms. The third-order valence-electron chi connectivity index (χ3n) is 2.99. The molecule has 4 nitrogen and oxygen atoms in total. The van der Waals surface area contributed by atoms with Crippen LogP contribution in [-0.4, -0.2) is 14.8 Å². The summed E-state index contributed by atoms with van der Waals surface area (Å²) in [5.41, 5.74) is 1.82. The first-order chi connectivity index (χ1) is 10.2. The lowest BCUT2D eigenvalue weighted by Gasteiger charge is -2.12. The summed E-state index contributed by atoms with van der Waals surface area (Å²) in [7, 11) is 0. The van der Waals surface area contributed by atoms with Gasteiger partial charge in [0.25, 0.3) is 0 Å². The zero-order valence-electron chi connectivity index (χ0n) is 11.0. The first-order valence-electron chi connectivity index (χ1n) is 6.37. The molecule has 0 bridgehead atoms. The number of hydrogen-bond donors (Lipinski definition) is 1. The van der Waals surface area contributed by atoms with Gasteiger partial charge in [-0.15, -0.1) is 0 Å². The summed E-state index contributed by atoms with van der Waals surface area (Å²) in [6, 6.07) is 10.3. The highest BCUT2D eigenvalue weighted by atomic mass is 79.9. The van der Waals surface area contributed by atoms with Gasteiger partial charge in [-0.05, 0) is 35.9 Å². The second-order valence-electron chi connectivity index (χ2n) is 4.41. The summed E-state index contributed by atoms with van der Waals surface area (Å²) in [6.45, 7) is 0.556. The molecule has 0 fully saturated rings. The largest absolute Gasteiger partial charge is 0.378 e. The minimum absolute atomic E-state index is 0.260. The van der Waals surface area contributed by atoms with Crippen molar-refractivity contribution in [2.24, 2.45) is 0 Å². The van der Waals surface area contributed by atoms with E-state index in [0.717, 1.165) is 21.5 Å². The van der Waals surface area contributed by atoms with Crippen LogP contribution >= 0.6 is 15.9 Å². The maximum atomic E-state index is 13.1. The Balaban J connectivity index is 1.83. The first kappa shape index (κ1) is 13.8. The van der Waals surface area contributed by atoms with Crippen molar-refractivity contribution >= 4 is 21.6 Å². The Hall–Kier alpha value is -2.21. The van der Waals surface area contributed by atoms with E-state index in [-0.39, 0.29) is 5.82 Å². The molecule has 1 aromatic carbocycles. The van der Waals surface area contributed by atoms with Gasteiger partial charge in [-0.3, -0.25) is 0 Å². The van der Waals surface area contributed by atoms with Crippen LogP contribution in [0.1, 0.15) is 5.56 Å². The summed E-state index contributed by atoms with van der Waals surface area (Å²) >= 11 is 3.36. The molecule has 1 N–H and O–H groups in total. The van der Waals surface area contributed by atoms with Gasteiger partial charge in [0.05, 0.1) is 5.69 Å². The van der Waals surface area contributed by atoms with Crippen LogP contribution in [0.5, 0.6) is 0 Å². The van der Waals surface area contributed by atoms with Gasteiger partial charge in [0, 0.05) is 29.6 Å². The molecule has 106 valence electrons. The van der Waals surface area contributed by atoms with E-state index in [1.54, 1.807) is 23.1 Å². The third-order valence-corrected chi connectivity index (χ3v) is 3.73. The van der Waals surface area contributed by atoms with Crippen LogP contribution in [0.4, 0.5) is 10.1 Å². The molecular weight excluding hydrogens is 335 g/mol. The Bertz CT molecular complexity index is 743. The van der Waals surface area contributed by atoms with Crippen molar-refractivity contribution in [3.63, 3.8) is 0 Å². The molecule has 0 aliphatic heterocycles. The van der Waals surface area contributed by atoms with E-state index >= 15 is 0 Å². The van der Waals surface area contributed by atoms with Crippen molar-refractivity contribution < 1.29 is 4.39 Å². The summed E-state index contributed by atoms with van der Waals surface area (Å²) in [4.78, 5) is 4.34. The number of benzene rings is 1. The second-order valence-corrected chi connectivity index (χ2v) is 5.27. The molecular formula is C15H12BrFN4. The molecule has 0 saturated heterocycles. The Labute approximate surface area is 129 Å². The maximum Gasteiger partial charge on any atom is 0.176 e. The molecule has 3 aromatic rings. The lowest BCUT2D eigenvalue weighted by molar-refractivity contribution is 0.626. The fourth-order valence-corrected chi connectivity index (χ4v) is 2.46. The van der Waals surface area contributed by atoms with Gasteiger partial charge in [0.2, 0.25) is 0 Å². The zero-order valence-corrected chi connectivity index (χ0v) is 12.6. The Morgan fingerprint density at radius 3 is 2.86 bits per heavy atom. The minimum atomic E-state index is -0.260.